The second kappa shape index (κ2) is 10.4. The number of H-pyrrole nitrogens is 1. The molecule has 192 valence electrons. The molecule has 0 saturated carbocycles. The van der Waals surface area contributed by atoms with Gasteiger partial charge in [0.05, 0.1) is 40.9 Å². The van der Waals surface area contributed by atoms with Crippen LogP contribution in [-0.4, -0.2) is 78.4 Å². The van der Waals surface area contributed by atoms with Crippen molar-refractivity contribution in [1.82, 2.24) is 25.1 Å². The molecule has 4 heterocycles. The van der Waals surface area contributed by atoms with Crippen LogP contribution in [0.3, 0.4) is 0 Å². The van der Waals surface area contributed by atoms with E-state index in [4.69, 9.17) is 32.7 Å². The van der Waals surface area contributed by atoms with Gasteiger partial charge in [0.15, 0.2) is 11.5 Å². The first kappa shape index (κ1) is 25.1. The van der Waals surface area contributed by atoms with E-state index in [1.54, 1.807) is 30.5 Å². The van der Waals surface area contributed by atoms with Crippen LogP contribution in [0, 0.1) is 0 Å². The monoisotopic (exact) mass is 541 g/mol. The van der Waals surface area contributed by atoms with E-state index < -0.39 is 0 Å². The zero-order valence-electron chi connectivity index (χ0n) is 20.5. The fourth-order valence-electron chi connectivity index (χ4n) is 4.17. The highest BCUT2D eigenvalue weighted by Crippen LogP contribution is 2.45. The van der Waals surface area contributed by atoms with Crippen molar-refractivity contribution in [2.24, 2.45) is 0 Å². The second-order valence-electron chi connectivity index (χ2n) is 8.60. The number of nitrogens with one attached hydrogen (secondary N) is 2. The Hall–Kier alpha value is -3.60. The lowest BCUT2D eigenvalue weighted by Gasteiger charge is -2.33. The maximum absolute atomic E-state index is 12.9. The zero-order valence-corrected chi connectivity index (χ0v) is 22.0. The number of pyridine rings is 2. The van der Waals surface area contributed by atoms with Gasteiger partial charge in [-0.3, -0.25) is 9.89 Å². The minimum atomic E-state index is -0.321. The Balaban J connectivity index is 1.37. The van der Waals surface area contributed by atoms with Crippen molar-refractivity contribution in [2.45, 2.75) is 0 Å². The Kier molecular flexibility index (Phi) is 7.05. The Morgan fingerprint density at radius 3 is 2.35 bits per heavy atom. The van der Waals surface area contributed by atoms with Crippen molar-refractivity contribution in [3.63, 3.8) is 0 Å². The molecule has 0 bridgehead atoms. The number of amides is 1. The number of carbonyl (C=O) groups is 1. The van der Waals surface area contributed by atoms with Gasteiger partial charge in [0, 0.05) is 44.0 Å². The maximum Gasteiger partial charge on any atom is 0.258 e. The number of nitrogens with zero attached hydrogens (tertiary/aromatic N) is 5. The van der Waals surface area contributed by atoms with Crippen LogP contribution >= 0.6 is 23.2 Å². The van der Waals surface area contributed by atoms with Crippen LogP contribution in [-0.2, 0) is 0 Å². The van der Waals surface area contributed by atoms with Crippen molar-refractivity contribution in [3.8, 4) is 22.8 Å². The molecule has 0 spiro atoms. The third-order valence-corrected chi connectivity index (χ3v) is 7.07. The summed E-state index contributed by atoms with van der Waals surface area (Å²) in [6, 6.07) is 8.77. The lowest BCUT2D eigenvalue weighted by Crippen LogP contribution is -2.44. The smallest absolute Gasteiger partial charge is 0.258 e. The van der Waals surface area contributed by atoms with Gasteiger partial charge < -0.3 is 24.6 Å². The number of ether oxygens (including phenoxy) is 2. The number of hydrogen-bond donors (Lipinski definition) is 2. The van der Waals surface area contributed by atoms with Crippen LogP contribution in [0.2, 0.25) is 10.0 Å². The number of anilines is 2. The van der Waals surface area contributed by atoms with Gasteiger partial charge in [0.25, 0.3) is 5.91 Å². The van der Waals surface area contributed by atoms with Gasteiger partial charge in [-0.25, -0.2) is 9.97 Å². The zero-order chi connectivity index (χ0) is 26.1. The molecule has 1 aromatic carbocycles. The summed E-state index contributed by atoms with van der Waals surface area (Å²) in [5, 5.41) is 11.2. The van der Waals surface area contributed by atoms with Gasteiger partial charge in [-0.1, -0.05) is 23.2 Å². The molecule has 37 heavy (non-hydrogen) atoms. The number of hydrogen-bond acceptors (Lipinski definition) is 8. The van der Waals surface area contributed by atoms with E-state index in [0.29, 0.717) is 55.2 Å². The molecule has 10 nitrogen and oxygen atoms in total. The predicted octanol–water partition coefficient (Wildman–Crippen LogP) is 4.35. The van der Waals surface area contributed by atoms with E-state index in [1.807, 2.05) is 6.07 Å². The topological polar surface area (TPSA) is 109 Å². The molecule has 0 aliphatic carbocycles. The Morgan fingerprint density at radius 1 is 1.03 bits per heavy atom. The number of benzene rings is 1. The number of rotatable bonds is 6. The number of aromatic nitrogens is 4. The first-order valence-corrected chi connectivity index (χ1v) is 12.3. The first-order valence-electron chi connectivity index (χ1n) is 11.6. The standard InChI is InChI=1S/C25H25Cl2N7O3/c1-33-8-10-34(11-9-33)19-7-4-14(13-28-19)25(35)30-24-15-5-6-16(29-23(15)31-32-24)20-21(26)17(36-2)12-18(37-3)22(20)27/h4-7,12-13H,8-11H2,1-3H3,(H2,29,30,31,32,35). The highest BCUT2D eigenvalue weighted by molar-refractivity contribution is 6.41. The molecule has 12 heteroatoms. The van der Waals surface area contributed by atoms with E-state index >= 15 is 0 Å². The van der Waals surface area contributed by atoms with E-state index in [-0.39, 0.29) is 5.91 Å². The molecular weight excluding hydrogens is 517 g/mol. The Bertz CT molecular complexity index is 1420. The van der Waals surface area contributed by atoms with Crippen molar-refractivity contribution in [2.75, 3.05) is 57.7 Å². The van der Waals surface area contributed by atoms with Gasteiger partial charge in [-0.05, 0) is 31.3 Å². The van der Waals surface area contributed by atoms with E-state index in [0.717, 1.165) is 32.0 Å². The van der Waals surface area contributed by atoms with Crippen molar-refractivity contribution in [1.29, 1.82) is 0 Å². The molecule has 2 N–H and O–H groups in total. The van der Waals surface area contributed by atoms with Crippen molar-refractivity contribution < 1.29 is 14.3 Å². The van der Waals surface area contributed by atoms with Crippen LogP contribution in [0.15, 0.2) is 36.5 Å². The van der Waals surface area contributed by atoms with E-state index in [2.05, 4.69) is 42.3 Å². The molecule has 5 rings (SSSR count). The first-order chi connectivity index (χ1) is 17.9. The summed E-state index contributed by atoms with van der Waals surface area (Å²) < 4.78 is 10.7. The van der Waals surface area contributed by atoms with Crippen LogP contribution in [0.1, 0.15) is 10.4 Å². The molecule has 1 amide bonds. The molecule has 0 atom stereocenters. The summed E-state index contributed by atoms with van der Waals surface area (Å²) in [5.74, 6) is 1.70. The predicted molar refractivity (Wildman–Crippen MR) is 144 cm³/mol. The second-order valence-corrected chi connectivity index (χ2v) is 9.35. The molecule has 1 saturated heterocycles. The van der Waals surface area contributed by atoms with E-state index in [1.165, 1.54) is 14.2 Å². The summed E-state index contributed by atoms with van der Waals surface area (Å²) in [7, 11) is 5.12. The third-order valence-electron chi connectivity index (χ3n) is 6.32. The Labute approximate surface area is 223 Å². The van der Waals surface area contributed by atoms with E-state index in [9.17, 15) is 4.79 Å². The quantitative estimate of drug-likeness (QED) is 0.371. The SMILES string of the molecule is COc1cc(OC)c(Cl)c(-c2ccc3c(NC(=O)c4ccc(N5CCN(C)CC5)nc4)n[nH]c3n2)c1Cl. The summed E-state index contributed by atoms with van der Waals surface area (Å²) >= 11 is 13.1. The number of likely N-dealkylation sites (N-methyl/N-ethyl adjacent to an activating group) is 1. The number of methoxy groups -OCH3 is 2. The summed E-state index contributed by atoms with van der Waals surface area (Å²) in [6.07, 6.45) is 1.58. The number of fused-ring (bicyclic) bond motifs is 1. The lowest BCUT2D eigenvalue weighted by molar-refractivity contribution is 0.102. The molecule has 1 aliphatic rings. The molecular formula is C25H25Cl2N7O3. The third kappa shape index (κ3) is 4.87. The van der Waals surface area contributed by atoms with Crippen molar-refractivity contribution in [3.05, 3.63) is 52.1 Å². The van der Waals surface area contributed by atoms with Crippen LogP contribution in [0.25, 0.3) is 22.3 Å². The molecule has 3 aromatic heterocycles. The van der Waals surface area contributed by atoms with Crippen LogP contribution < -0.4 is 19.7 Å². The largest absolute Gasteiger partial charge is 0.495 e. The minimum absolute atomic E-state index is 0.306. The van der Waals surface area contributed by atoms with Gasteiger partial charge in [-0.2, -0.15) is 5.10 Å². The number of carbonyl (C=O) groups excluding carboxylic acids is 1. The fourth-order valence-corrected chi connectivity index (χ4v) is 4.87. The van der Waals surface area contributed by atoms with Gasteiger partial charge >= 0.3 is 0 Å². The maximum atomic E-state index is 12.9. The average molecular weight is 542 g/mol. The minimum Gasteiger partial charge on any atom is -0.495 e. The molecule has 1 aliphatic heterocycles. The normalized spacial score (nSPS) is 14.1. The highest BCUT2D eigenvalue weighted by Gasteiger charge is 2.21. The number of halogens is 2. The fraction of sp³-hybridized carbons (Fsp3) is 0.280. The average Bonchev–Trinajstić information content (AvgIpc) is 3.31. The molecule has 4 aromatic rings. The summed E-state index contributed by atoms with van der Waals surface area (Å²) in [5.41, 5.74) is 1.84. The van der Waals surface area contributed by atoms with Gasteiger partial charge in [0.2, 0.25) is 0 Å². The summed E-state index contributed by atoms with van der Waals surface area (Å²) in [4.78, 5) is 26.5. The molecule has 0 radical (unpaired) electrons. The highest BCUT2D eigenvalue weighted by atomic mass is 35.5. The summed E-state index contributed by atoms with van der Waals surface area (Å²) in [6.45, 7) is 3.77. The number of aromatic amines is 1. The van der Waals surface area contributed by atoms with Crippen LogP contribution in [0.4, 0.5) is 11.6 Å². The molecule has 0 unspecified atom stereocenters. The van der Waals surface area contributed by atoms with Gasteiger partial charge in [0.1, 0.15) is 17.3 Å². The lowest BCUT2D eigenvalue weighted by atomic mass is 10.1. The Morgan fingerprint density at radius 2 is 1.73 bits per heavy atom. The number of piperazine rings is 1. The van der Waals surface area contributed by atoms with Gasteiger partial charge in [-0.15, -0.1) is 0 Å². The molecule has 1 fully saturated rings. The van der Waals surface area contributed by atoms with Crippen LogP contribution in [0.5, 0.6) is 11.5 Å². The van der Waals surface area contributed by atoms with Crippen molar-refractivity contribution >= 4 is 51.8 Å².